The zero-order valence-electron chi connectivity index (χ0n) is 17.8. The van der Waals surface area contributed by atoms with Gasteiger partial charge in [0.1, 0.15) is 5.82 Å². The van der Waals surface area contributed by atoms with Crippen LogP contribution in [0.3, 0.4) is 0 Å². The average molecular weight is 435 g/mol. The van der Waals surface area contributed by atoms with Crippen molar-refractivity contribution in [1.29, 1.82) is 0 Å². The van der Waals surface area contributed by atoms with Crippen molar-refractivity contribution in [3.05, 3.63) is 59.4 Å². The number of rotatable bonds is 6. The summed E-state index contributed by atoms with van der Waals surface area (Å²) in [5.41, 5.74) is 3.29. The molecule has 1 aromatic heterocycles. The minimum absolute atomic E-state index is 0.149. The molecule has 32 heavy (non-hydrogen) atoms. The lowest BCUT2D eigenvalue weighted by Gasteiger charge is -2.11. The van der Waals surface area contributed by atoms with Gasteiger partial charge in [-0.15, -0.1) is 0 Å². The van der Waals surface area contributed by atoms with Crippen LogP contribution in [0, 0.1) is 11.7 Å². The summed E-state index contributed by atoms with van der Waals surface area (Å²) in [4.78, 5) is 15.4. The Labute approximate surface area is 185 Å². The predicted molar refractivity (Wildman–Crippen MR) is 117 cm³/mol. The number of carboxylic acids is 1. The molecule has 3 aromatic rings. The molecule has 2 unspecified atom stereocenters. The van der Waals surface area contributed by atoms with Crippen molar-refractivity contribution in [2.24, 2.45) is 5.92 Å². The van der Waals surface area contributed by atoms with E-state index in [2.05, 4.69) is 15.5 Å². The van der Waals surface area contributed by atoms with E-state index >= 15 is 0 Å². The van der Waals surface area contributed by atoms with E-state index in [1.165, 1.54) is 6.07 Å². The fourth-order valence-electron chi connectivity index (χ4n) is 5.02. The molecule has 1 aliphatic carbocycles. The Morgan fingerprint density at radius 2 is 1.88 bits per heavy atom. The van der Waals surface area contributed by atoms with E-state index in [4.69, 9.17) is 9.63 Å². The van der Waals surface area contributed by atoms with E-state index in [9.17, 15) is 9.18 Å². The maximum atomic E-state index is 14.7. The molecule has 2 fully saturated rings. The smallest absolute Gasteiger partial charge is 0.303 e. The first kappa shape index (κ1) is 20.8. The van der Waals surface area contributed by atoms with Gasteiger partial charge in [0.25, 0.3) is 5.89 Å². The van der Waals surface area contributed by atoms with Crippen LogP contribution >= 0.6 is 0 Å². The second-order valence-electron chi connectivity index (χ2n) is 8.92. The summed E-state index contributed by atoms with van der Waals surface area (Å²) in [6, 6.07) is 13.2. The van der Waals surface area contributed by atoms with Crippen molar-refractivity contribution in [1.82, 2.24) is 15.5 Å². The third-order valence-corrected chi connectivity index (χ3v) is 6.72. The van der Waals surface area contributed by atoms with E-state index < -0.39 is 5.97 Å². The summed E-state index contributed by atoms with van der Waals surface area (Å²) in [5.74, 6) is 0.259. The Kier molecular flexibility index (Phi) is 5.74. The Balaban J connectivity index is 1.29. The molecule has 5 rings (SSSR count). The van der Waals surface area contributed by atoms with Crippen LogP contribution in [0.1, 0.15) is 61.6 Å². The molecule has 0 bridgehead atoms. The number of halogens is 1. The summed E-state index contributed by atoms with van der Waals surface area (Å²) in [7, 11) is 0. The average Bonchev–Trinajstić information content (AvgIpc) is 3.55. The number of carboxylic acid groups (broad SMARTS) is 1. The molecule has 2 heterocycles. The van der Waals surface area contributed by atoms with Gasteiger partial charge in [-0.1, -0.05) is 48.3 Å². The van der Waals surface area contributed by atoms with E-state index in [1.54, 1.807) is 0 Å². The highest BCUT2D eigenvalue weighted by molar-refractivity contribution is 5.67. The summed E-state index contributed by atoms with van der Waals surface area (Å²) in [6.45, 7) is 0.711. The van der Waals surface area contributed by atoms with Crippen LogP contribution < -0.4 is 5.32 Å². The van der Waals surface area contributed by atoms with Gasteiger partial charge >= 0.3 is 5.97 Å². The van der Waals surface area contributed by atoms with E-state index in [0.29, 0.717) is 29.7 Å². The van der Waals surface area contributed by atoms with Crippen LogP contribution in [0.15, 0.2) is 47.0 Å². The molecule has 2 aromatic carbocycles. The molecule has 0 spiro atoms. The van der Waals surface area contributed by atoms with Crippen LogP contribution in [-0.2, 0) is 4.79 Å². The zero-order valence-corrected chi connectivity index (χ0v) is 17.8. The fourth-order valence-corrected chi connectivity index (χ4v) is 5.02. The van der Waals surface area contributed by atoms with Crippen LogP contribution in [-0.4, -0.2) is 27.8 Å². The maximum Gasteiger partial charge on any atom is 0.303 e. The highest BCUT2D eigenvalue weighted by Gasteiger charge is 2.27. The molecular weight excluding hydrogens is 409 g/mol. The van der Waals surface area contributed by atoms with Gasteiger partial charge in [-0.3, -0.25) is 4.79 Å². The van der Waals surface area contributed by atoms with Crippen molar-refractivity contribution >= 4 is 5.97 Å². The molecule has 2 atom stereocenters. The standard InChI is InChI=1S/C25H26FN3O3/c26-21-13-19(9-10-20(21)16-3-1-2-4-16)25-28-24(29-32-25)18-7-5-17(6-8-18)22-11-15(14-27-22)12-23(30)31/h5-10,13,15-16,22,27H,1-4,11-12,14H2,(H,30,31). The van der Waals surface area contributed by atoms with Crippen molar-refractivity contribution < 1.29 is 18.8 Å². The van der Waals surface area contributed by atoms with Crippen LogP contribution in [0.25, 0.3) is 22.8 Å². The lowest BCUT2D eigenvalue weighted by Crippen LogP contribution is -2.14. The Hall–Kier alpha value is -3.06. The van der Waals surface area contributed by atoms with E-state index in [0.717, 1.165) is 48.8 Å². The topological polar surface area (TPSA) is 88.2 Å². The van der Waals surface area contributed by atoms with Crippen LogP contribution in [0.2, 0.25) is 0 Å². The molecule has 7 heteroatoms. The molecule has 2 aliphatic rings. The number of carbonyl (C=O) groups is 1. The fraction of sp³-hybridized carbons (Fsp3) is 0.400. The summed E-state index contributed by atoms with van der Waals surface area (Å²) >= 11 is 0. The predicted octanol–water partition coefficient (Wildman–Crippen LogP) is 5.33. The van der Waals surface area contributed by atoms with Crippen molar-refractivity contribution in [3.8, 4) is 22.8 Å². The molecule has 2 N–H and O–H groups in total. The SMILES string of the molecule is O=C(O)CC1CNC(c2ccc(-c3noc(-c4ccc(C5CCCC5)c(F)c4)n3)cc2)C1. The lowest BCUT2D eigenvalue weighted by molar-refractivity contribution is -0.137. The molecule has 0 radical (unpaired) electrons. The molecule has 1 saturated heterocycles. The van der Waals surface area contributed by atoms with Crippen LogP contribution in [0.5, 0.6) is 0 Å². The monoisotopic (exact) mass is 435 g/mol. The maximum absolute atomic E-state index is 14.7. The largest absolute Gasteiger partial charge is 0.481 e. The molecule has 1 saturated carbocycles. The Morgan fingerprint density at radius 3 is 2.59 bits per heavy atom. The van der Waals surface area contributed by atoms with Gasteiger partial charge in [0.2, 0.25) is 5.82 Å². The first-order valence-corrected chi connectivity index (χ1v) is 11.3. The van der Waals surface area contributed by atoms with Gasteiger partial charge in [-0.25, -0.2) is 4.39 Å². The number of hydrogen-bond acceptors (Lipinski definition) is 5. The van der Waals surface area contributed by atoms with Gasteiger partial charge in [0.05, 0.1) is 0 Å². The number of aliphatic carboxylic acids is 1. The lowest BCUT2D eigenvalue weighted by atomic mass is 9.96. The first-order chi connectivity index (χ1) is 15.6. The Morgan fingerprint density at radius 1 is 1.12 bits per heavy atom. The van der Waals surface area contributed by atoms with Crippen molar-refractivity contribution in [3.63, 3.8) is 0 Å². The highest BCUT2D eigenvalue weighted by atomic mass is 19.1. The highest BCUT2D eigenvalue weighted by Crippen LogP contribution is 2.36. The Bertz CT molecular complexity index is 1110. The number of aromatic nitrogens is 2. The third kappa shape index (κ3) is 4.30. The van der Waals surface area contributed by atoms with Gasteiger partial charge < -0.3 is 14.9 Å². The number of nitrogens with one attached hydrogen (secondary N) is 1. The third-order valence-electron chi connectivity index (χ3n) is 6.72. The van der Waals surface area contributed by atoms with E-state index in [-0.39, 0.29) is 24.2 Å². The van der Waals surface area contributed by atoms with Gasteiger partial charge in [-0.2, -0.15) is 4.98 Å². The second-order valence-corrected chi connectivity index (χ2v) is 8.92. The van der Waals surface area contributed by atoms with Gasteiger partial charge in [0, 0.05) is 23.6 Å². The van der Waals surface area contributed by atoms with Crippen molar-refractivity contribution in [2.45, 2.75) is 50.5 Å². The second kappa shape index (κ2) is 8.82. The first-order valence-electron chi connectivity index (χ1n) is 11.3. The number of hydrogen-bond donors (Lipinski definition) is 2. The minimum atomic E-state index is -0.756. The number of nitrogens with zero attached hydrogens (tertiary/aromatic N) is 2. The molecule has 0 amide bonds. The molecule has 6 nitrogen and oxygen atoms in total. The summed E-state index contributed by atoms with van der Waals surface area (Å²) in [5, 5.41) is 16.5. The molecular formula is C25H26FN3O3. The van der Waals surface area contributed by atoms with Gasteiger partial charge in [0.15, 0.2) is 0 Å². The summed E-state index contributed by atoms with van der Waals surface area (Å²) < 4.78 is 20.1. The van der Waals surface area contributed by atoms with Crippen LogP contribution in [0.4, 0.5) is 4.39 Å². The van der Waals surface area contributed by atoms with E-state index in [1.807, 2.05) is 36.4 Å². The molecule has 1 aliphatic heterocycles. The zero-order chi connectivity index (χ0) is 22.1. The summed E-state index contributed by atoms with van der Waals surface area (Å²) in [6.07, 6.45) is 5.42. The molecule has 166 valence electrons. The normalized spacial score (nSPS) is 21.3. The quantitative estimate of drug-likeness (QED) is 0.544. The minimum Gasteiger partial charge on any atom is -0.481 e. The van der Waals surface area contributed by atoms with Crippen molar-refractivity contribution in [2.75, 3.05) is 6.54 Å². The van der Waals surface area contributed by atoms with Gasteiger partial charge in [-0.05, 0) is 60.9 Å². The number of benzene rings is 2.